The lowest BCUT2D eigenvalue weighted by Crippen LogP contribution is -2.56. The molecule has 2 aliphatic heterocycles. The highest BCUT2D eigenvalue weighted by Gasteiger charge is 2.41. The van der Waals surface area contributed by atoms with Crippen LogP contribution in [0.5, 0.6) is 0 Å². The van der Waals surface area contributed by atoms with E-state index in [1.54, 1.807) is 0 Å². The van der Waals surface area contributed by atoms with Crippen molar-refractivity contribution >= 4 is 0 Å². The van der Waals surface area contributed by atoms with E-state index in [2.05, 4.69) is 29.2 Å². The van der Waals surface area contributed by atoms with Gasteiger partial charge < -0.3 is 9.84 Å². The van der Waals surface area contributed by atoms with Gasteiger partial charge in [-0.15, -0.1) is 0 Å². The van der Waals surface area contributed by atoms with Crippen LogP contribution in [0.3, 0.4) is 0 Å². The molecular weight excluding hydrogens is 286 g/mol. The average Bonchev–Trinajstić information content (AvgIpc) is 2.62. The fourth-order valence-electron chi connectivity index (χ4n) is 3.74. The molecule has 2 aromatic carbocycles. The molecule has 0 bridgehead atoms. The van der Waals surface area contributed by atoms with Crippen LogP contribution < -0.4 is 0 Å². The Balaban J connectivity index is 1.55. The Morgan fingerprint density at radius 3 is 2.48 bits per heavy atom. The predicted octanol–water partition coefficient (Wildman–Crippen LogP) is 3.38. The molecule has 0 aromatic heterocycles. The molecule has 2 aromatic rings. The Kier molecular flexibility index (Phi) is 3.93. The zero-order valence-electron chi connectivity index (χ0n) is 13.3. The Bertz CT molecular complexity index is 655. The molecule has 2 aliphatic rings. The van der Waals surface area contributed by atoms with Gasteiger partial charge in [-0.3, -0.25) is 4.90 Å². The molecule has 0 spiro atoms. The first-order valence-corrected chi connectivity index (χ1v) is 8.51. The maximum atomic E-state index is 11.0. The highest BCUT2D eigenvalue weighted by molar-refractivity contribution is 5.63. The number of hydrogen-bond acceptors (Lipinski definition) is 3. The Morgan fingerprint density at radius 2 is 1.70 bits per heavy atom. The van der Waals surface area contributed by atoms with E-state index in [1.807, 2.05) is 30.3 Å². The van der Waals surface area contributed by atoms with Gasteiger partial charge in [-0.2, -0.15) is 0 Å². The predicted molar refractivity (Wildman–Crippen MR) is 90.9 cm³/mol. The molecule has 0 aliphatic carbocycles. The summed E-state index contributed by atoms with van der Waals surface area (Å²) in [5.41, 5.74) is 3.19. The summed E-state index contributed by atoms with van der Waals surface area (Å²) in [5.74, 6) is -1.18. The number of morpholine rings is 1. The molecule has 3 nitrogen and oxygen atoms in total. The summed E-state index contributed by atoms with van der Waals surface area (Å²) in [6, 6.07) is 18.9. The lowest BCUT2D eigenvalue weighted by Gasteiger charge is -2.46. The van der Waals surface area contributed by atoms with E-state index in [0.29, 0.717) is 19.2 Å². The summed E-state index contributed by atoms with van der Waals surface area (Å²) in [6.45, 7) is 2.26. The van der Waals surface area contributed by atoms with Crippen LogP contribution in [0.4, 0.5) is 0 Å². The van der Waals surface area contributed by atoms with E-state index in [4.69, 9.17) is 4.74 Å². The van der Waals surface area contributed by atoms with Crippen molar-refractivity contribution < 1.29 is 9.84 Å². The lowest BCUT2D eigenvalue weighted by molar-refractivity contribution is -0.264. The topological polar surface area (TPSA) is 32.7 Å². The van der Waals surface area contributed by atoms with Crippen molar-refractivity contribution in [2.45, 2.75) is 31.1 Å². The van der Waals surface area contributed by atoms with Gasteiger partial charge in [0.15, 0.2) is 0 Å². The fourth-order valence-corrected chi connectivity index (χ4v) is 3.74. The minimum absolute atomic E-state index is 0.479. The second kappa shape index (κ2) is 6.08. The van der Waals surface area contributed by atoms with Gasteiger partial charge in [-0.1, -0.05) is 61.0 Å². The molecule has 120 valence electrons. The monoisotopic (exact) mass is 309 g/mol. The van der Waals surface area contributed by atoms with Gasteiger partial charge in [0.05, 0.1) is 13.2 Å². The molecule has 4 rings (SSSR count). The Hall–Kier alpha value is -1.68. The molecule has 2 atom stereocenters. The number of rotatable bonds is 2. The van der Waals surface area contributed by atoms with Gasteiger partial charge in [0.1, 0.15) is 0 Å². The van der Waals surface area contributed by atoms with E-state index in [9.17, 15) is 5.11 Å². The van der Waals surface area contributed by atoms with Crippen molar-refractivity contribution in [3.63, 3.8) is 0 Å². The van der Waals surface area contributed by atoms with Gasteiger partial charge in [0.25, 0.3) is 0 Å². The lowest BCUT2D eigenvalue weighted by atomic mass is 9.95. The first kappa shape index (κ1) is 14.9. The van der Waals surface area contributed by atoms with Crippen LogP contribution in [-0.4, -0.2) is 35.7 Å². The van der Waals surface area contributed by atoms with E-state index in [-0.39, 0.29) is 0 Å². The van der Waals surface area contributed by atoms with Crippen molar-refractivity contribution in [2.24, 2.45) is 0 Å². The van der Waals surface area contributed by atoms with Gasteiger partial charge >= 0.3 is 0 Å². The summed E-state index contributed by atoms with van der Waals surface area (Å²) < 4.78 is 5.88. The number of piperidine rings is 1. The Morgan fingerprint density at radius 1 is 0.957 bits per heavy atom. The fraction of sp³-hybridized carbons (Fsp3) is 0.400. The molecule has 2 heterocycles. The van der Waals surface area contributed by atoms with Gasteiger partial charge in [-0.25, -0.2) is 0 Å². The minimum Gasteiger partial charge on any atom is -0.361 e. The van der Waals surface area contributed by atoms with Gasteiger partial charge in [0, 0.05) is 11.6 Å². The number of nitrogens with zero attached hydrogens (tertiary/aromatic N) is 1. The van der Waals surface area contributed by atoms with E-state index in [0.717, 1.165) is 17.7 Å². The summed E-state index contributed by atoms with van der Waals surface area (Å²) in [6.07, 6.45) is 3.68. The molecule has 0 radical (unpaired) electrons. The molecule has 0 unspecified atom stereocenters. The molecule has 2 fully saturated rings. The van der Waals surface area contributed by atoms with Crippen molar-refractivity contribution in [3.8, 4) is 11.1 Å². The van der Waals surface area contributed by atoms with Crippen LogP contribution in [-0.2, 0) is 10.5 Å². The van der Waals surface area contributed by atoms with E-state index >= 15 is 0 Å². The highest BCUT2D eigenvalue weighted by Crippen LogP contribution is 2.33. The van der Waals surface area contributed by atoms with Gasteiger partial charge in [-0.05, 0) is 30.5 Å². The average molecular weight is 309 g/mol. The molecule has 0 saturated carbocycles. The maximum Gasteiger partial charge on any atom is 0.205 e. The number of ether oxygens (including phenoxy) is 1. The van der Waals surface area contributed by atoms with Crippen LogP contribution in [0.1, 0.15) is 24.8 Å². The quantitative estimate of drug-likeness (QED) is 0.923. The van der Waals surface area contributed by atoms with Gasteiger partial charge in [0.2, 0.25) is 5.79 Å². The molecular formula is C20H23NO2. The Labute approximate surface area is 137 Å². The maximum absolute atomic E-state index is 11.0. The second-order valence-electron chi connectivity index (χ2n) is 6.66. The van der Waals surface area contributed by atoms with Crippen LogP contribution in [0, 0.1) is 0 Å². The SMILES string of the molecule is O[C@@]1(c2ccc(-c3ccccc3)cc2)CN2CCCC[C@@H]2CO1. The smallest absolute Gasteiger partial charge is 0.205 e. The molecule has 2 saturated heterocycles. The van der Waals surface area contributed by atoms with Crippen molar-refractivity contribution in [3.05, 3.63) is 60.2 Å². The standard InChI is InChI=1S/C20H23NO2/c22-20(15-21-13-5-4-8-19(21)14-23-20)18-11-9-17(10-12-18)16-6-2-1-3-7-16/h1-3,6-7,9-12,19,22H,4-5,8,13-15H2/t19-,20+/m1/s1. The van der Waals surface area contributed by atoms with Crippen molar-refractivity contribution in [1.82, 2.24) is 4.90 Å². The number of fused-ring (bicyclic) bond motifs is 1. The molecule has 23 heavy (non-hydrogen) atoms. The largest absolute Gasteiger partial charge is 0.361 e. The first-order chi connectivity index (χ1) is 11.2. The number of benzene rings is 2. The molecule has 1 N–H and O–H groups in total. The molecule has 3 heteroatoms. The number of aliphatic hydroxyl groups is 1. The van der Waals surface area contributed by atoms with Crippen LogP contribution >= 0.6 is 0 Å². The van der Waals surface area contributed by atoms with Crippen molar-refractivity contribution in [1.29, 1.82) is 0 Å². The summed E-state index contributed by atoms with van der Waals surface area (Å²) >= 11 is 0. The minimum atomic E-state index is -1.18. The third-order valence-corrected chi connectivity index (χ3v) is 5.12. The van der Waals surface area contributed by atoms with Crippen molar-refractivity contribution in [2.75, 3.05) is 19.7 Å². The summed E-state index contributed by atoms with van der Waals surface area (Å²) in [7, 11) is 0. The summed E-state index contributed by atoms with van der Waals surface area (Å²) in [5, 5.41) is 11.0. The van der Waals surface area contributed by atoms with E-state index in [1.165, 1.54) is 24.8 Å². The van der Waals surface area contributed by atoms with Crippen LogP contribution in [0.25, 0.3) is 11.1 Å². The zero-order chi connectivity index (χ0) is 15.7. The van der Waals surface area contributed by atoms with E-state index < -0.39 is 5.79 Å². The zero-order valence-corrected chi connectivity index (χ0v) is 13.3. The summed E-state index contributed by atoms with van der Waals surface area (Å²) in [4.78, 5) is 2.39. The normalized spacial score (nSPS) is 28.3. The number of hydrogen-bond donors (Lipinski definition) is 1. The third-order valence-electron chi connectivity index (χ3n) is 5.12. The second-order valence-corrected chi connectivity index (χ2v) is 6.66. The van der Waals surface area contributed by atoms with Crippen LogP contribution in [0.15, 0.2) is 54.6 Å². The molecule has 0 amide bonds. The third kappa shape index (κ3) is 2.92. The highest BCUT2D eigenvalue weighted by atomic mass is 16.6. The van der Waals surface area contributed by atoms with Crippen LogP contribution in [0.2, 0.25) is 0 Å². The first-order valence-electron chi connectivity index (χ1n) is 8.51.